The number of unbranched alkanes of at least 4 members (excludes halogenated alkanes) is 7. The topological polar surface area (TPSA) is 139 Å². The molecule has 1 atom stereocenters. The minimum absolute atomic E-state index is 0.411. The van der Waals surface area contributed by atoms with Gasteiger partial charge in [0.1, 0.15) is 17.4 Å². The number of carbonyl (C=O) groups is 1. The van der Waals surface area contributed by atoms with Crippen LogP contribution >= 0.6 is 0 Å². The lowest BCUT2D eigenvalue weighted by Gasteiger charge is -2.31. The van der Waals surface area contributed by atoms with Crippen molar-refractivity contribution in [2.24, 2.45) is 9.98 Å². The van der Waals surface area contributed by atoms with E-state index in [1.54, 1.807) is 6.08 Å². The van der Waals surface area contributed by atoms with Crippen molar-refractivity contribution in [3.8, 4) is 0 Å². The van der Waals surface area contributed by atoms with Crippen molar-refractivity contribution >= 4 is 18.3 Å². The van der Waals surface area contributed by atoms with Crippen LogP contribution in [0.2, 0.25) is 0 Å². The SMILES string of the molecule is CC(C)(CCCCOC(C)(C)C(O)NCCCCCCN=C=O)OC(=O)NCCCCCCN=C=O. The number of isocyanates is 2. The highest BCUT2D eigenvalue weighted by Gasteiger charge is 2.28. The second kappa shape index (κ2) is 21.0. The van der Waals surface area contributed by atoms with Gasteiger partial charge in [-0.3, -0.25) is 5.32 Å². The number of ether oxygens (including phenoxy) is 2. The minimum Gasteiger partial charge on any atom is -0.444 e. The molecule has 36 heavy (non-hydrogen) atoms. The highest BCUT2D eigenvalue weighted by Crippen LogP contribution is 2.20. The van der Waals surface area contributed by atoms with E-state index in [2.05, 4.69) is 20.6 Å². The second-order valence-electron chi connectivity index (χ2n) is 10.1. The summed E-state index contributed by atoms with van der Waals surface area (Å²) in [4.78, 5) is 39.1. The first-order valence-corrected chi connectivity index (χ1v) is 13.2. The first-order chi connectivity index (χ1) is 17.1. The van der Waals surface area contributed by atoms with Gasteiger partial charge < -0.3 is 19.9 Å². The van der Waals surface area contributed by atoms with Crippen molar-refractivity contribution in [2.75, 3.05) is 32.8 Å². The van der Waals surface area contributed by atoms with Crippen LogP contribution in [-0.4, -0.2) is 73.6 Å². The maximum absolute atomic E-state index is 12.0. The third-order valence-electron chi connectivity index (χ3n) is 5.80. The zero-order valence-corrected chi connectivity index (χ0v) is 22.8. The summed E-state index contributed by atoms with van der Waals surface area (Å²) < 4.78 is 11.5. The van der Waals surface area contributed by atoms with Gasteiger partial charge in [0.25, 0.3) is 0 Å². The molecule has 1 unspecified atom stereocenters. The number of aliphatic imine (C=N–C) groups is 2. The monoisotopic (exact) mass is 512 g/mol. The molecule has 0 rings (SSSR count). The summed E-state index contributed by atoms with van der Waals surface area (Å²) in [5, 5.41) is 16.3. The van der Waals surface area contributed by atoms with Gasteiger partial charge in [0.2, 0.25) is 12.2 Å². The van der Waals surface area contributed by atoms with Crippen LogP contribution in [0.5, 0.6) is 0 Å². The van der Waals surface area contributed by atoms with Crippen molar-refractivity contribution in [1.82, 2.24) is 10.6 Å². The Balaban J connectivity index is 3.89. The highest BCUT2D eigenvalue weighted by molar-refractivity contribution is 5.67. The van der Waals surface area contributed by atoms with Crippen LogP contribution in [0.15, 0.2) is 9.98 Å². The molecule has 208 valence electrons. The average molecular weight is 513 g/mol. The molecule has 3 N–H and O–H groups in total. The van der Waals surface area contributed by atoms with E-state index in [1.807, 2.05) is 27.7 Å². The summed E-state index contributed by atoms with van der Waals surface area (Å²) in [6.45, 7) is 10.3. The van der Waals surface area contributed by atoms with Gasteiger partial charge in [0.05, 0.1) is 13.1 Å². The van der Waals surface area contributed by atoms with Crippen LogP contribution in [0.25, 0.3) is 0 Å². The molecule has 10 heteroatoms. The number of hydrogen-bond donors (Lipinski definition) is 3. The lowest BCUT2D eigenvalue weighted by Crippen LogP contribution is -2.49. The van der Waals surface area contributed by atoms with Crippen molar-refractivity contribution < 1.29 is 29.0 Å². The van der Waals surface area contributed by atoms with Gasteiger partial charge in [0, 0.05) is 13.2 Å². The Labute approximate surface area is 216 Å². The third-order valence-corrected chi connectivity index (χ3v) is 5.80. The van der Waals surface area contributed by atoms with Crippen molar-refractivity contribution in [3.05, 3.63) is 0 Å². The van der Waals surface area contributed by atoms with Crippen molar-refractivity contribution in [2.45, 2.75) is 116 Å². The van der Waals surface area contributed by atoms with Gasteiger partial charge in [-0.15, -0.1) is 0 Å². The molecule has 1 amide bonds. The molecular weight excluding hydrogens is 464 g/mol. The number of amides is 1. The molecule has 0 aliphatic heterocycles. The van der Waals surface area contributed by atoms with Gasteiger partial charge in [-0.1, -0.05) is 25.7 Å². The Morgan fingerprint density at radius 1 is 0.833 bits per heavy atom. The molecule has 0 aromatic heterocycles. The number of alkyl carbamates (subject to hydrolysis) is 1. The molecule has 0 bridgehead atoms. The zero-order chi connectivity index (χ0) is 27.1. The number of rotatable bonds is 23. The molecule has 0 heterocycles. The van der Waals surface area contributed by atoms with Crippen LogP contribution in [0.1, 0.15) is 98.3 Å². The first kappa shape index (κ1) is 33.9. The number of aliphatic hydroxyl groups excluding tert-OH is 1. The van der Waals surface area contributed by atoms with E-state index in [-0.39, 0.29) is 0 Å². The second-order valence-corrected chi connectivity index (χ2v) is 10.1. The van der Waals surface area contributed by atoms with E-state index in [9.17, 15) is 19.5 Å². The summed E-state index contributed by atoms with van der Waals surface area (Å²) in [5.41, 5.74) is -1.29. The maximum atomic E-state index is 12.0. The fourth-order valence-electron chi connectivity index (χ4n) is 3.51. The molecule has 0 saturated heterocycles. The molecule has 0 saturated carbocycles. The van der Waals surface area contributed by atoms with Crippen molar-refractivity contribution in [3.63, 3.8) is 0 Å². The standard InChI is InChI=1S/C26H48N4O6/c1-25(2,36-24(34)30-19-13-8-6-11-17-28-22-32)15-9-14-20-35-26(3,4)23(33)29-18-12-7-5-10-16-27-21-31/h23,29,33H,5-20H2,1-4H3,(H,30,34). The summed E-state index contributed by atoms with van der Waals surface area (Å²) in [5.74, 6) is 0. The third kappa shape index (κ3) is 20.1. The van der Waals surface area contributed by atoms with E-state index < -0.39 is 23.5 Å². The molecule has 0 aromatic rings. The molecule has 0 aliphatic rings. The Bertz CT molecular complexity index is 673. The fraction of sp³-hybridized carbons (Fsp3) is 0.885. The maximum Gasteiger partial charge on any atom is 0.407 e. The van der Waals surface area contributed by atoms with E-state index >= 15 is 0 Å². The molecule has 10 nitrogen and oxygen atoms in total. The van der Waals surface area contributed by atoms with Gasteiger partial charge in [-0.25, -0.2) is 24.4 Å². The molecule has 0 radical (unpaired) electrons. The van der Waals surface area contributed by atoms with E-state index in [4.69, 9.17) is 9.47 Å². The Morgan fingerprint density at radius 3 is 1.97 bits per heavy atom. The smallest absolute Gasteiger partial charge is 0.407 e. The van der Waals surface area contributed by atoms with Crippen LogP contribution in [0.3, 0.4) is 0 Å². The van der Waals surface area contributed by atoms with Gasteiger partial charge in [-0.05, 0) is 79.2 Å². The summed E-state index contributed by atoms with van der Waals surface area (Å²) in [7, 11) is 0. The molecule has 0 spiro atoms. The number of nitrogens with zero attached hydrogens (tertiary/aromatic N) is 2. The normalized spacial score (nSPS) is 12.4. The fourth-order valence-corrected chi connectivity index (χ4v) is 3.51. The van der Waals surface area contributed by atoms with Crippen LogP contribution < -0.4 is 10.6 Å². The summed E-state index contributed by atoms with van der Waals surface area (Å²) in [6, 6.07) is 0. The summed E-state index contributed by atoms with van der Waals surface area (Å²) >= 11 is 0. The lowest BCUT2D eigenvalue weighted by atomic mass is 10.0. The Hall–Kier alpha value is -2.09. The van der Waals surface area contributed by atoms with Crippen LogP contribution in [0, 0.1) is 0 Å². The Morgan fingerprint density at radius 2 is 1.39 bits per heavy atom. The Kier molecular flexibility index (Phi) is 19.8. The predicted molar refractivity (Wildman–Crippen MR) is 139 cm³/mol. The number of hydrogen-bond acceptors (Lipinski definition) is 9. The highest BCUT2D eigenvalue weighted by atomic mass is 16.6. The molecule has 0 aromatic carbocycles. The van der Waals surface area contributed by atoms with E-state index in [0.717, 1.165) is 64.2 Å². The van der Waals surface area contributed by atoms with E-state index in [1.165, 1.54) is 6.08 Å². The average Bonchev–Trinajstić information content (AvgIpc) is 2.81. The van der Waals surface area contributed by atoms with Crippen molar-refractivity contribution in [1.29, 1.82) is 0 Å². The van der Waals surface area contributed by atoms with Gasteiger partial charge in [0.15, 0.2) is 0 Å². The molecule has 0 aliphatic carbocycles. The van der Waals surface area contributed by atoms with E-state index in [0.29, 0.717) is 39.2 Å². The lowest BCUT2D eigenvalue weighted by molar-refractivity contribution is -0.114. The predicted octanol–water partition coefficient (Wildman–Crippen LogP) is 4.16. The minimum atomic E-state index is -0.773. The molecule has 0 fully saturated rings. The largest absolute Gasteiger partial charge is 0.444 e. The number of aliphatic hydroxyl groups is 1. The van der Waals surface area contributed by atoms with Gasteiger partial charge >= 0.3 is 6.09 Å². The first-order valence-electron chi connectivity index (χ1n) is 13.2. The number of nitrogens with one attached hydrogen (secondary N) is 2. The van der Waals surface area contributed by atoms with Crippen LogP contribution in [-0.2, 0) is 19.1 Å². The van der Waals surface area contributed by atoms with Gasteiger partial charge in [-0.2, -0.15) is 0 Å². The van der Waals surface area contributed by atoms with Crippen LogP contribution in [0.4, 0.5) is 4.79 Å². The molecular formula is C26H48N4O6. The number of carbonyl (C=O) groups excluding carboxylic acids is 3. The summed E-state index contributed by atoms with van der Waals surface area (Å²) in [6.07, 6.45) is 11.6. The quantitative estimate of drug-likeness (QED) is 0.0808. The zero-order valence-electron chi connectivity index (χ0n) is 22.8.